The van der Waals surface area contributed by atoms with Crippen LogP contribution < -0.4 is 0 Å². The molecule has 0 unspecified atom stereocenters. The van der Waals surface area contributed by atoms with Crippen molar-refractivity contribution in [2.75, 3.05) is 67.7 Å². The standard InChI is InChI=1S/2C19H24FNO4/c2*1-21(2)11-3-10-19(22,14-4-6-15(20)7-5-14)17-9-8-16(25-17)18-23-12-13-24-18/h2*4-9,18,22H,3,10-13H2,1-2H3/t2*19-/m10/s1. The Morgan fingerprint density at radius 2 is 0.900 bits per heavy atom. The molecule has 0 saturated carbocycles. The van der Waals surface area contributed by atoms with Crippen molar-refractivity contribution >= 4 is 0 Å². The molecule has 10 nitrogen and oxygen atoms in total. The lowest BCUT2D eigenvalue weighted by molar-refractivity contribution is -0.0625. The van der Waals surface area contributed by atoms with E-state index in [1.807, 2.05) is 28.2 Å². The maximum absolute atomic E-state index is 13.3. The highest BCUT2D eigenvalue weighted by Gasteiger charge is 2.37. The quantitative estimate of drug-likeness (QED) is 0.161. The molecule has 0 radical (unpaired) electrons. The Hall–Kier alpha value is -3.46. The summed E-state index contributed by atoms with van der Waals surface area (Å²) >= 11 is 0. The van der Waals surface area contributed by atoms with E-state index >= 15 is 0 Å². The van der Waals surface area contributed by atoms with Gasteiger partial charge < -0.3 is 47.8 Å². The number of ether oxygens (including phenoxy) is 4. The highest BCUT2D eigenvalue weighted by Crippen LogP contribution is 2.39. The minimum atomic E-state index is -1.33. The van der Waals surface area contributed by atoms with Crippen molar-refractivity contribution in [1.82, 2.24) is 9.80 Å². The third-order valence-electron chi connectivity index (χ3n) is 8.71. The van der Waals surface area contributed by atoms with Crippen LogP contribution in [0.2, 0.25) is 0 Å². The molecule has 2 saturated heterocycles. The lowest BCUT2D eigenvalue weighted by Gasteiger charge is -2.27. The first kappa shape index (κ1) is 37.8. The fraction of sp³-hybridized carbons (Fsp3) is 0.474. The van der Waals surface area contributed by atoms with Crippen molar-refractivity contribution in [1.29, 1.82) is 0 Å². The maximum Gasteiger partial charge on any atom is 0.217 e. The number of furan rings is 2. The summed E-state index contributed by atoms with van der Waals surface area (Å²) in [6.45, 7) is 3.73. The van der Waals surface area contributed by atoms with E-state index < -0.39 is 23.8 Å². The Morgan fingerprint density at radius 1 is 0.560 bits per heavy atom. The van der Waals surface area contributed by atoms with Gasteiger partial charge in [0.1, 0.15) is 34.4 Å². The third kappa shape index (κ3) is 9.45. The number of benzene rings is 2. The number of halogens is 2. The van der Waals surface area contributed by atoms with Gasteiger partial charge in [-0.2, -0.15) is 0 Å². The lowest BCUT2D eigenvalue weighted by atomic mass is 9.86. The molecule has 6 rings (SSSR count). The number of nitrogens with zero attached hydrogens (tertiary/aromatic N) is 2. The van der Waals surface area contributed by atoms with Gasteiger partial charge in [-0.05, 0) is 127 Å². The van der Waals surface area contributed by atoms with Gasteiger partial charge in [0, 0.05) is 0 Å². The summed E-state index contributed by atoms with van der Waals surface area (Å²) in [6, 6.07) is 18.7. The number of hydrogen-bond donors (Lipinski definition) is 2. The topological polar surface area (TPSA) is 110 Å². The summed E-state index contributed by atoms with van der Waals surface area (Å²) < 4.78 is 60.1. The molecule has 4 heterocycles. The first-order valence-corrected chi connectivity index (χ1v) is 16.9. The van der Waals surface area contributed by atoms with Gasteiger partial charge >= 0.3 is 0 Å². The molecule has 272 valence electrons. The van der Waals surface area contributed by atoms with Crippen LogP contribution in [0.15, 0.2) is 81.6 Å². The largest absolute Gasteiger partial charge is 0.457 e. The minimum Gasteiger partial charge on any atom is -0.457 e. The molecule has 2 N–H and O–H groups in total. The molecule has 2 aromatic heterocycles. The monoisotopic (exact) mass is 698 g/mol. The Kier molecular flexibility index (Phi) is 13.0. The van der Waals surface area contributed by atoms with Crippen molar-refractivity contribution in [3.05, 3.63) is 119 Å². The van der Waals surface area contributed by atoms with Crippen LogP contribution in [0.4, 0.5) is 8.78 Å². The third-order valence-corrected chi connectivity index (χ3v) is 8.71. The average molecular weight is 699 g/mol. The molecule has 12 heteroatoms. The van der Waals surface area contributed by atoms with Crippen LogP contribution in [0, 0.1) is 11.6 Å². The van der Waals surface area contributed by atoms with Crippen LogP contribution in [0.3, 0.4) is 0 Å². The van der Waals surface area contributed by atoms with Crippen molar-refractivity contribution in [3.63, 3.8) is 0 Å². The summed E-state index contributed by atoms with van der Waals surface area (Å²) in [4.78, 5) is 4.11. The number of rotatable bonds is 14. The zero-order valence-corrected chi connectivity index (χ0v) is 29.1. The molecule has 4 aromatic rings. The molecule has 2 fully saturated rings. The van der Waals surface area contributed by atoms with E-state index in [4.69, 9.17) is 27.8 Å². The van der Waals surface area contributed by atoms with Crippen LogP contribution >= 0.6 is 0 Å². The summed E-state index contributed by atoms with van der Waals surface area (Å²) in [5.41, 5.74) is -1.47. The van der Waals surface area contributed by atoms with E-state index in [1.165, 1.54) is 24.3 Å². The van der Waals surface area contributed by atoms with Crippen molar-refractivity contribution < 1.29 is 46.8 Å². The Balaban J connectivity index is 0.000000194. The van der Waals surface area contributed by atoms with E-state index in [1.54, 1.807) is 48.5 Å². The van der Waals surface area contributed by atoms with E-state index in [9.17, 15) is 19.0 Å². The van der Waals surface area contributed by atoms with E-state index in [2.05, 4.69) is 9.80 Å². The van der Waals surface area contributed by atoms with E-state index in [0.717, 1.165) is 25.9 Å². The van der Waals surface area contributed by atoms with Crippen molar-refractivity contribution in [2.24, 2.45) is 0 Å². The van der Waals surface area contributed by atoms with Gasteiger partial charge in [0.15, 0.2) is 11.5 Å². The van der Waals surface area contributed by atoms with Crippen LogP contribution in [0.5, 0.6) is 0 Å². The molecule has 50 heavy (non-hydrogen) atoms. The molecular formula is C38H48F2N2O8. The lowest BCUT2D eigenvalue weighted by Crippen LogP contribution is -2.28. The molecule has 0 amide bonds. The van der Waals surface area contributed by atoms with Gasteiger partial charge in [-0.3, -0.25) is 0 Å². The predicted molar refractivity (Wildman–Crippen MR) is 181 cm³/mol. The fourth-order valence-electron chi connectivity index (χ4n) is 6.02. The predicted octanol–water partition coefficient (Wildman–Crippen LogP) is 6.08. The molecule has 0 bridgehead atoms. The highest BCUT2D eigenvalue weighted by molar-refractivity contribution is 5.33. The molecule has 2 aliphatic heterocycles. The Bertz CT molecular complexity index is 1480. The number of aliphatic hydroxyl groups is 2. The van der Waals surface area contributed by atoms with Gasteiger partial charge in [-0.15, -0.1) is 0 Å². The first-order valence-electron chi connectivity index (χ1n) is 16.9. The summed E-state index contributed by atoms with van der Waals surface area (Å²) in [5, 5.41) is 22.8. The molecule has 0 spiro atoms. The minimum absolute atomic E-state index is 0.340. The van der Waals surface area contributed by atoms with Gasteiger partial charge in [0.2, 0.25) is 12.6 Å². The summed E-state index contributed by atoms with van der Waals surface area (Å²) in [6.07, 6.45) is 1.36. The first-order chi connectivity index (χ1) is 24.0. The summed E-state index contributed by atoms with van der Waals surface area (Å²) in [7, 11) is 7.93. The molecule has 2 aromatic carbocycles. The second-order valence-electron chi connectivity index (χ2n) is 13.1. The SMILES string of the molecule is CN(C)CCC[C@@](O)(c1ccc(F)cc1)c1ccc(C2OCCO2)o1.CN(C)CCC[C@](O)(c1ccc(F)cc1)c1ccc(C2OCCO2)o1. The van der Waals surface area contributed by atoms with Crippen LogP contribution in [0.1, 0.15) is 72.4 Å². The Morgan fingerprint density at radius 3 is 1.22 bits per heavy atom. The second kappa shape index (κ2) is 17.2. The van der Waals surface area contributed by atoms with Gasteiger partial charge in [0.05, 0.1) is 26.4 Å². The average Bonchev–Trinajstić information content (AvgIpc) is 3.92. The fourth-order valence-corrected chi connectivity index (χ4v) is 6.02. The number of hydrogen-bond acceptors (Lipinski definition) is 10. The molecular weight excluding hydrogens is 650 g/mol. The van der Waals surface area contributed by atoms with E-state index in [0.29, 0.717) is 73.4 Å². The normalized spacial score (nSPS) is 18.0. The van der Waals surface area contributed by atoms with Crippen molar-refractivity contribution in [3.8, 4) is 0 Å². The summed E-state index contributed by atoms with van der Waals surface area (Å²) in [5.74, 6) is 1.19. The van der Waals surface area contributed by atoms with Gasteiger partial charge in [-0.25, -0.2) is 8.78 Å². The van der Waals surface area contributed by atoms with Crippen molar-refractivity contribution in [2.45, 2.75) is 49.5 Å². The zero-order chi connectivity index (χ0) is 35.7. The molecule has 0 aliphatic carbocycles. The maximum atomic E-state index is 13.3. The van der Waals surface area contributed by atoms with Crippen LogP contribution in [-0.4, -0.2) is 87.7 Å². The van der Waals surface area contributed by atoms with E-state index in [-0.39, 0.29) is 11.6 Å². The van der Waals surface area contributed by atoms with Gasteiger partial charge in [-0.1, -0.05) is 24.3 Å². The Labute approximate surface area is 292 Å². The van der Waals surface area contributed by atoms with Crippen LogP contribution in [0.25, 0.3) is 0 Å². The smallest absolute Gasteiger partial charge is 0.217 e. The van der Waals surface area contributed by atoms with Gasteiger partial charge in [0.25, 0.3) is 0 Å². The second-order valence-corrected chi connectivity index (χ2v) is 13.1. The highest BCUT2D eigenvalue weighted by atomic mass is 19.1. The molecule has 2 atom stereocenters. The molecule has 2 aliphatic rings. The van der Waals surface area contributed by atoms with Crippen LogP contribution in [-0.2, 0) is 30.1 Å². The zero-order valence-electron chi connectivity index (χ0n) is 29.1.